The van der Waals surface area contributed by atoms with Gasteiger partial charge in [-0.1, -0.05) is 33.6 Å². The minimum absolute atomic E-state index is 0.226. The molecule has 0 amide bonds. The third-order valence-corrected chi connectivity index (χ3v) is 3.46. The number of nitrogens with two attached hydrogens (primary N) is 1. The Balaban J connectivity index is 2.20. The molecule has 1 aliphatic rings. The lowest BCUT2D eigenvalue weighted by Crippen LogP contribution is -2.41. The van der Waals surface area contributed by atoms with Gasteiger partial charge in [0.15, 0.2) is 0 Å². The van der Waals surface area contributed by atoms with Crippen LogP contribution in [0, 0.1) is 5.41 Å². The predicted molar refractivity (Wildman–Crippen MR) is 60.3 cm³/mol. The summed E-state index contributed by atoms with van der Waals surface area (Å²) in [6.07, 6.45) is 6.35. The minimum Gasteiger partial charge on any atom is -0.377 e. The van der Waals surface area contributed by atoms with Crippen molar-refractivity contribution < 1.29 is 4.74 Å². The van der Waals surface area contributed by atoms with E-state index in [4.69, 9.17) is 10.5 Å². The molecule has 2 N–H and O–H groups in total. The fourth-order valence-electron chi connectivity index (χ4n) is 2.14. The van der Waals surface area contributed by atoms with Crippen LogP contribution in [0.3, 0.4) is 0 Å². The molecule has 1 rings (SSSR count). The van der Waals surface area contributed by atoms with Crippen molar-refractivity contribution in [1.82, 2.24) is 0 Å². The molecule has 0 aromatic heterocycles. The fourth-order valence-corrected chi connectivity index (χ4v) is 2.14. The molecular formula is C12H25NO. The molecule has 2 unspecified atom stereocenters. The molecule has 0 aliphatic heterocycles. The zero-order valence-corrected chi connectivity index (χ0v) is 9.88. The second kappa shape index (κ2) is 5.13. The Morgan fingerprint density at radius 3 is 2.57 bits per heavy atom. The standard InChI is InChI=1S/C12H25NO/c1-4-5-6-9-14-10-7-8-12(2,3)11(10)13/h10-11H,4-9,13H2,1-3H3. The van der Waals surface area contributed by atoms with Gasteiger partial charge in [0.05, 0.1) is 6.10 Å². The molecule has 2 atom stereocenters. The van der Waals surface area contributed by atoms with Crippen molar-refractivity contribution in [3.05, 3.63) is 0 Å². The molecule has 84 valence electrons. The van der Waals surface area contributed by atoms with E-state index in [1.54, 1.807) is 0 Å². The van der Waals surface area contributed by atoms with E-state index < -0.39 is 0 Å². The average molecular weight is 199 g/mol. The van der Waals surface area contributed by atoms with Crippen LogP contribution in [-0.2, 0) is 4.74 Å². The van der Waals surface area contributed by atoms with Gasteiger partial charge in [-0.05, 0) is 24.7 Å². The molecule has 0 radical (unpaired) electrons. The van der Waals surface area contributed by atoms with E-state index in [1.807, 2.05) is 0 Å². The summed E-state index contributed by atoms with van der Waals surface area (Å²) in [6, 6.07) is 0.226. The largest absolute Gasteiger partial charge is 0.377 e. The molecule has 2 nitrogen and oxygen atoms in total. The maximum absolute atomic E-state index is 6.15. The molecule has 1 aliphatic carbocycles. The lowest BCUT2D eigenvalue weighted by molar-refractivity contribution is 0.0355. The van der Waals surface area contributed by atoms with Crippen molar-refractivity contribution in [2.75, 3.05) is 6.61 Å². The molecular weight excluding hydrogens is 174 g/mol. The van der Waals surface area contributed by atoms with Crippen LogP contribution in [0.1, 0.15) is 52.9 Å². The average Bonchev–Trinajstić information content (AvgIpc) is 2.39. The van der Waals surface area contributed by atoms with Gasteiger partial charge in [0.1, 0.15) is 0 Å². The number of unbranched alkanes of at least 4 members (excludes halogenated alkanes) is 2. The Labute approximate surface area is 88.2 Å². The first-order valence-electron chi connectivity index (χ1n) is 5.95. The lowest BCUT2D eigenvalue weighted by atomic mass is 9.88. The molecule has 0 spiro atoms. The van der Waals surface area contributed by atoms with Crippen molar-refractivity contribution in [2.45, 2.75) is 65.0 Å². The quantitative estimate of drug-likeness (QED) is 0.691. The molecule has 14 heavy (non-hydrogen) atoms. The van der Waals surface area contributed by atoms with Gasteiger partial charge in [-0.3, -0.25) is 0 Å². The monoisotopic (exact) mass is 199 g/mol. The first kappa shape index (κ1) is 12.0. The van der Waals surface area contributed by atoms with Crippen LogP contribution in [-0.4, -0.2) is 18.8 Å². The summed E-state index contributed by atoms with van der Waals surface area (Å²) < 4.78 is 5.83. The van der Waals surface area contributed by atoms with Crippen LogP contribution in [0.5, 0.6) is 0 Å². The Kier molecular flexibility index (Phi) is 4.39. The van der Waals surface area contributed by atoms with Gasteiger partial charge < -0.3 is 10.5 Å². The van der Waals surface area contributed by atoms with Crippen LogP contribution < -0.4 is 5.73 Å². The van der Waals surface area contributed by atoms with E-state index in [0.717, 1.165) is 13.0 Å². The Bertz CT molecular complexity index is 168. The summed E-state index contributed by atoms with van der Waals surface area (Å²) in [7, 11) is 0. The highest BCUT2D eigenvalue weighted by Crippen LogP contribution is 2.37. The molecule has 2 heteroatoms. The Morgan fingerprint density at radius 1 is 1.36 bits per heavy atom. The zero-order valence-electron chi connectivity index (χ0n) is 9.88. The number of hydrogen-bond acceptors (Lipinski definition) is 2. The first-order valence-corrected chi connectivity index (χ1v) is 5.95. The van der Waals surface area contributed by atoms with E-state index >= 15 is 0 Å². The van der Waals surface area contributed by atoms with E-state index in [9.17, 15) is 0 Å². The molecule has 1 fully saturated rings. The van der Waals surface area contributed by atoms with Gasteiger partial charge in [-0.2, -0.15) is 0 Å². The van der Waals surface area contributed by atoms with Gasteiger partial charge in [0.2, 0.25) is 0 Å². The van der Waals surface area contributed by atoms with Crippen LogP contribution in [0.4, 0.5) is 0 Å². The van der Waals surface area contributed by atoms with Crippen LogP contribution >= 0.6 is 0 Å². The van der Waals surface area contributed by atoms with Crippen LogP contribution in [0.2, 0.25) is 0 Å². The Morgan fingerprint density at radius 2 is 2.07 bits per heavy atom. The third-order valence-electron chi connectivity index (χ3n) is 3.46. The summed E-state index contributed by atoms with van der Waals surface area (Å²) in [5.41, 5.74) is 6.42. The molecule has 0 aromatic carbocycles. The van der Waals surface area contributed by atoms with Crippen molar-refractivity contribution >= 4 is 0 Å². The van der Waals surface area contributed by atoms with Crippen molar-refractivity contribution in [3.63, 3.8) is 0 Å². The normalized spacial score (nSPS) is 30.9. The van der Waals surface area contributed by atoms with E-state index in [0.29, 0.717) is 6.10 Å². The van der Waals surface area contributed by atoms with Gasteiger partial charge in [0.25, 0.3) is 0 Å². The molecule has 1 saturated carbocycles. The van der Waals surface area contributed by atoms with Gasteiger partial charge in [-0.15, -0.1) is 0 Å². The van der Waals surface area contributed by atoms with Crippen LogP contribution in [0.15, 0.2) is 0 Å². The smallest absolute Gasteiger partial charge is 0.0731 e. The highest BCUT2D eigenvalue weighted by molar-refractivity contribution is 4.94. The SMILES string of the molecule is CCCCCOC1CCC(C)(C)C1N. The summed E-state index contributed by atoms with van der Waals surface area (Å²) in [5, 5.41) is 0. The van der Waals surface area contributed by atoms with Gasteiger partial charge >= 0.3 is 0 Å². The predicted octanol–water partition coefficient (Wildman–Crippen LogP) is 2.71. The van der Waals surface area contributed by atoms with Gasteiger partial charge in [0, 0.05) is 12.6 Å². The topological polar surface area (TPSA) is 35.2 Å². The third kappa shape index (κ3) is 2.96. The fraction of sp³-hybridized carbons (Fsp3) is 1.00. The second-order valence-corrected chi connectivity index (χ2v) is 5.17. The minimum atomic E-state index is 0.226. The number of rotatable bonds is 5. The van der Waals surface area contributed by atoms with Crippen LogP contribution in [0.25, 0.3) is 0 Å². The van der Waals surface area contributed by atoms with Crippen molar-refractivity contribution in [2.24, 2.45) is 11.1 Å². The van der Waals surface area contributed by atoms with E-state index in [2.05, 4.69) is 20.8 Å². The molecule has 0 aromatic rings. The maximum atomic E-state index is 6.15. The highest BCUT2D eigenvalue weighted by atomic mass is 16.5. The second-order valence-electron chi connectivity index (χ2n) is 5.17. The van der Waals surface area contributed by atoms with Gasteiger partial charge in [-0.25, -0.2) is 0 Å². The van der Waals surface area contributed by atoms with E-state index in [-0.39, 0.29) is 11.5 Å². The Hall–Kier alpha value is -0.0800. The lowest BCUT2D eigenvalue weighted by Gasteiger charge is -2.26. The first-order chi connectivity index (χ1) is 6.58. The summed E-state index contributed by atoms with van der Waals surface area (Å²) >= 11 is 0. The molecule has 0 bridgehead atoms. The molecule has 0 saturated heterocycles. The zero-order chi connectivity index (χ0) is 10.6. The maximum Gasteiger partial charge on any atom is 0.0731 e. The summed E-state index contributed by atoms with van der Waals surface area (Å²) in [4.78, 5) is 0. The highest BCUT2D eigenvalue weighted by Gasteiger charge is 2.39. The van der Waals surface area contributed by atoms with Crippen molar-refractivity contribution in [3.8, 4) is 0 Å². The van der Waals surface area contributed by atoms with E-state index in [1.165, 1.54) is 25.7 Å². The number of hydrogen-bond donors (Lipinski definition) is 1. The summed E-state index contributed by atoms with van der Waals surface area (Å²) in [5.74, 6) is 0. The molecule has 0 heterocycles. The number of ether oxygens (including phenoxy) is 1. The van der Waals surface area contributed by atoms with Crippen molar-refractivity contribution in [1.29, 1.82) is 0 Å². The summed E-state index contributed by atoms with van der Waals surface area (Å²) in [6.45, 7) is 7.59.